The maximum Gasteiger partial charge on any atom is 0.306 e. The van der Waals surface area contributed by atoms with E-state index in [1.165, 1.54) is 89.9 Å². The number of rotatable bonds is 13. The summed E-state index contributed by atoms with van der Waals surface area (Å²) in [5.74, 6) is 5.34. The summed E-state index contributed by atoms with van der Waals surface area (Å²) >= 11 is 0. The second-order valence-electron chi connectivity index (χ2n) is 15.2. The van der Waals surface area contributed by atoms with Gasteiger partial charge < -0.3 is 4.74 Å². The molecule has 0 aromatic heterocycles. The fraction of sp³-hybridized carbons (Fsp3) is 0.917. The molecule has 4 aliphatic carbocycles. The molecular formula is C36H62O2. The standard InChI is InChI=1S/C36H62O2/c1-7-8-9-10-11-12-16-34(37)38-29-21-23-35(5)28(25-29)17-18-30-32-20-19-31(27(4)15-13-14-26(2)3)36(32,6)24-22-33(30)35/h17,26-27,29-33H,7-16,18-25H2,1-6H3/t27-,29+,30+,31-,32+,33+,35+,36-/m1/s1. The summed E-state index contributed by atoms with van der Waals surface area (Å²) in [6, 6.07) is 0. The van der Waals surface area contributed by atoms with Crippen LogP contribution in [0.25, 0.3) is 0 Å². The lowest BCUT2D eigenvalue weighted by molar-refractivity contribution is -0.151. The highest BCUT2D eigenvalue weighted by molar-refractivity contribution is 5.69. The lowest BCUT2D eigenvalue weighted by atomic mass is 9.47. The average Bonchev–Trinajstić information content (AvgIpc) is 3.23. The van der Waals surface area contributed by atoms with Crippen molar-refractivity contribution in [3.63, 3.8) is 0 Å². The van der Waals surface area contributed by atoms with Crippen LogP contribution in [-0.2, 0) is 9.53 Å². The Balaban J connectivity index is 1.31. The maximum absolute atomic E-state index is 12.6. The average molecular weight is 527 g/mol. The monoisotopic (exact) mass is 526 g/mol. The summed E-state index contributed by atoms with van der Waals surface area (Å²) in [4.78, 5) is 12.6. The molecule has 0 spiro atoms. The first kappa shape index (κ1) is 30.2. The van der Waals surface area contributed by atoms with Crippen LogP contribution in [0.2, 0.25) is 0 Å². The van der Waals surface area contributed by atoms with Crippen LogP contribution in [-0.4, -0.2) is 12.1 Å². The number of carbonyl (C=O) groups is 1. The molecule has 218 valence electrons. The Morgan fingerprint density at radius 3 is 2.45 bits per heavy atom. The highest BCUT2D eigenvalue weighted by atomic mass is 16.5. The van der Waals surface area contributed by atoms with Gasteiger partial charge in [0.25, 0.3) is 0 Å². The smallest absolute Gasteiger partial charge is 0.306 e. The Bertz CT molecular complexity index is 797. The SMILES string of the molecule is CCCCCCCCC(=O)O[C@H]1CC[C@@]2(C)C(=CC[C@H]3[C@@H]4CC[C@H]([C@H](C)CCCC(C)C)[C@@]4(C)CC[C@@H]32)C1. The molecule has 0 heterocycles. The first-order valence-corrected chi connectivity index (χ1v) is 17.1. The molecule has 8 atom stereocenters. The molecule has 2 nitrogen and oxygen atoms in total. The number of hydrogen-bond donors (Lipinski definition) is 0. The van der Waals surface area contributed by atoms with Gasteiger partial charge in [-0.1, -0.05) is 105 Å². The van der Waals surface area contributed by atoms with Gasteiger partial charge in [0, 0.05) is 12.8 Å². The van der Waals surface area contributed by atoms with Crippen molar-refractivity contribution in [1.29, 1.82) is 0 Å². The lowest BCUT2D eigenvalue weighted by Gasteiger charge is -2.58. The van der Waals surface area contributed by atoms with Crippen molar-refractivity contribution < 1.29 is 9.53 Å². The summed E-state index contributed by atoms with van der Waals surface area (Å²) in [7, 11) is 0. The minimum absolute atomic E-state index is 0.0522. The second-order valence-corrected chi connectivity index (χ2v) is 15.2. The van der Waals surface area contributed by atoms with Crippen LogP contribution in [0.3, 0.4) is 0 Å². The van der Waals surface area contributed by atoms with E-state index in [0.29, 0.717) is 17.3 Å². The molecule has 0 radical (unpaired) electrons. The van der Waals surface area contributed by atoms with E-state index >= 15 is 0 Å². The first-order chi connectivity index (χ1) is 18.2. The predicted octanol–water partition coefficient (Wildman–Crippen LogP) is 10.7. The van der Waals surface area contributed by atoms with Crippen LogP contribution in [0.5, 0.6) is 0 Å². The Hall–Kier alpha value is -0.790. The molecule has 4 rings (SSSR count). The molecule has 0 N–H and O–H groups in total. The van der Waals surface area contributed by atoms with Gasteiger partial charge in [-0.05, 0) is 97.7 Å². The molecule has 2 heteroatoms. The van der Waals surface area contributed by atoms with Gasteiger partial charge in [-0.25, -0.2) is 0 Å². The van der Waals surface area contributed by atoms with Gasteiger partial charge in [-0.2, -0.15) is 0 Å². The molecule has 0 saturated heterocycles. The minimum atomic E-state index is 0.0522. The van der Waals surface area contributed by atoms with Gasteiger partial charge in [-0.15, -0.1) is 0 Å². The number of esters is 1. The Kier molecular flexibility index (Phi) is 10.5. The molecule has 0 aromatic carbocycles. The highest BCUT2D eigenvalue weighted by Gasteiger charge is 2.59. The van der Waals surface area contributed by atoms with Crippen molar-refractivity contribution in [2.75, 3.05) is 0 Å². The van der Waals surface area contributed by atoms with E-state index in [1.807, 2.05) is 0 Å². The minimum Gasteiger partial charge on any atom is -0.462 e. The molecule has 38 heavy (non-hydrogen) atoms. The van der Waals surface area contributed by atoms with E-state index in [-0.39, 0.29) is 12.1 Å². The third-order valence-electron chi connectivity index (χ3n) is 12.3. The zero-order valence-corrected chi connectivity index (χ0v) is 26.2. The number of unbranched alkanes of at least 4 members (excludes halogenated alkanes) is 5. The van der Waals surface area contributed by atoms with Crippen molar-refractivity contribution in [2.24, 2.45) is 46.3 Å². The molecular weight excluding hydrogens is 464 g/mol. The molecule has 3 fully saturated rings. The topological polar surface area (TPSA) is 26.3 Å². The van der Waals surface area contributed by atoms with Crippen molar-refractivity contribution in [2.45, 2.75) is 163 Å². The van der Waals surface area contributed by atoms with E-state index in [0.717, 1.165) is 54.8 Å². The zero-order chi connectivity index (χ0) is 27.3. The summed E-state index contributed by atoms with van der Waals surface area (Å²) in [5, 5.41) is 0. The third-order valence-corrected chi connectivity index (χ3v) is 12.3. The third kappa shape index (κ3) is 6.57. The Morgan fingerprint density at radius 1 is 0.921 bits per heavy atom. The van der Waals surface area contributed by atoms with Gasteiger partial charge in [-0.3, -0.25) is 4.79 Å². The van der Waals surface area contributed by atoms with Crippen LogP contribution in [0.15, 0.2) is 11.6 Å². The summed E-state index contributed by atoms with van der Waals surface area (Å²) < 4.78 is 6.04. The summed E-state index contributed by atoms with van der Waals surface area (Å²) in [6.45, 7) is 14.9. The quantitative estimate of drug-likeness (QED) is 0.135. The maximum atomic E-state index is 12.6. The van der Waals surface area contributed by atoms with Crippen LogP contribution in [0.1, 0.15) is 157 Å². The summed E-state index contributed by atoms with van der Waals surface area (Å²) in [5.41, 5.74) is 2.54. The summed E-state index contributed by atoms with van der Waals surface area (Å²) in [6.07, 6.45) is 25.3. The molecule has 0 aromatic rings. The van der Waals surface area contributed by atoms with Gasteiger partial charge in [0.15, 0.2) is 0 Å². The number of allylic oxidation sites excluding steroid dienone is 1. The largest absolute Gasteiger partial charge is 0.462 e. The van der Waals surface area contributed by atoms with Gasteiger partial charge in [0.2, 0.25) is 0 Å². The van der Waals surface area contributed by atoms with E-state index in [1.54, 1.807) is 5.57 Å². The molecule has 4 aliphatic rings. The molecule has 0 amide bonds. The van der Waals surface area contributed by atoms with E-state index in [2.05, 4.69) is 47.6 Å². The van der Waals surface area contributed by atoms with E-state index < -0.39 is 0 Å². The van der Waals surface area contributed by atoms with Crippen molar-refractivity contribution >= 4 is 5.97 Å². The van der Waals surface area contributed by atoms with Gasteiger partial charge >= 0.3 is 5.97 Å². The van der Waals surface area contributed by atoms with Gasteiger partial charge in [0.05, 0.1) is 0 Å². The number of hydrogen-bond acceptors (Lipinski definition) is 2. The van der Waals surface area contributed by atoms with Crippen LogP contribution in [0.4, 0.5) is 0 Å². The molecule has 0 bridgehead atoms. The predicted molar refractivity (Wildman–Crippen MR) is 161 cm³/mol. The van der Waals surface area contributed by atoms with Crippen LogP contribution in [0, 0.1) is 46.3 Å². The zero-order valence-electron chi connectivity index (χ0n) is 26.2. The van der Waals surface area contributed by atoms with E-state index in [4.69, 9.17) is 4.74 Å². The highest BCUT2D eigenvalue weighted by Crippen LogP contribution is 2.67. The van der Waals surface area contributed by atoms with E-state index in [9.17, 15) is 4.79 Å². The fourth-order valence-corrected chi connectivity index (χ4v) is 10.0. The van der Waals surface area contributed by atoms with Crippen molar-refractivity contribution in [3.05, 3.63) is 11.6 Å². The molecule has 0 aliphatic heterocycles. The van der Waals surface area contributed by atoms with Gasteiger partial charge in [0.1, 0.15) is 6.10 Å². The number of fused-ring (bicyclic) bond motifs is 5. The van der Waals surface area contributed by atoms with Crippen LogP contribution < -0.4 is 0 Å². The number of ether oxygens (including phenoxy) is 1. The van der Waals surface area contributed by atoms with Crippen molar-refractivity contribution in [1.82, 2.24) is 0 Å². The first-order valence-electron chi connectivity index (χ1n) is 17.1. The Morgan fingerprint density at radius 2 is 1.68 bits per heavy atom. The molecule has 3 saturated carbocycles. The second kappa shape index (κ2) is 13.2. The normalized spacial score (nSPS) is 37.2. The fourth-order valence-electron chi connectivity index (χ4n) is 10.0. The number of carbonyl (C=O) groups excluding carboxylic acids is 1. The van der Waals surface area contributed by atoms with Crippen molar-refractivity contribution in [3.8, 4) is 0 Å². The van der Waals surface area contributed by atoms with Crippen LogP contribution >= 0.6 is 0 Å². The molecule has 0 unspecified atom stereocenters. The Labute approximate surface area is 236 Å². The lowest BCUT2D eigenvalue weighted by Crippen LogP contribution is -2.51.